The molecule has 0 saturated carbocycles. The van der Waals surface area contributed by atoms with Gasteiger partial charge in [0, 0.05) is 0 Å². The molecule has 0 bridgehead atoms. The van der Waals surface area contributed by atoms with Gasteiger partial charge in [0.05, 0.1) is 13.2 Å². The predicted octanol–water partition coefficient (Wildman–Crippen LogP) is 2.03. The number of phosphoric ester groups is 1. The molecule has 0 atom stereocenters. The number of rotatable bonds is 4. The zero-order chi connectivity index (χ0) is 10.0. The van der Waals surface area contributed by atoms with Crippen LogP contribution in [-0.4, -0.2) is 18.1 Å². The van der Waals surface area contributed by atoms with Crippen molar-refractivity contribution >= 4 is 7.82 Å². The molecule has 0 aliphatic carbocycles. The minimum absolute atomic E-state index is 0.188. The highest BCUT2D eigenvalue weighted by atomic mass is 31.2. The molecule has 0 amide bonds. The first kappa shape index (κ1) is 14.0. The number of hydrogen-bond acceptors (Lipinski definition) is 3. The average Bonchev–Trinajstić information content (AvgIpc) is 1.88. The van der Waals surface area contributed by atoms with Gasteiger partial charge in [-0.25, -0.2) is 4.57 Å². The van der Waals surface area contributed by atoms with Crippen molar-refractivity contribution in [3.63, 3.8) is 0 Å². The lowest BCUT2D eigenvalue weighted by atomic mass is 10.9. The smallest absolute Gasteiger partial charge is 0.373 e. The van der Waals surface area contributed by atoms with Crippen LogP contribution in [0.5, 0.6) is 0 Å². The van der Waals surface area contributed by atoms with Crippen molar-refractivity contribution in [1.29, 1.82) is 0 Å². The summed E-state index contributed by atoms with van der Waals surface area (Å²) in [6, 6.07) is 0. The molecule has 0 aliphatic rings. The van der Waals surface area contributed by atoms with Crippen molar-refractivity contribution < 1.29 is 18.5 Å². The summed E-state index contributed by atoms with van der Waals surface area (Å²) in [7, 11) is -3.69. The van der Waals surface area contributed by atoms with Crippen LogP contribution in [0.2, 0.25) is 0 Å². The molecule has 0 aromatic rings. The Morgan fingerprint density at radius 1 is 1.33 bits per heavy atom. The highest BCUT2D eigenvalue weighted by Gasteiger charge is 2.17. The lowest BCUT2D eigenvalue weighted by molar-refractivity contribution is 0.161. The molecule has 0 radical (unpaired) electrons. The van der Waals surface area contributed by atoms with E-state index in [1.807, 2.05) is 0 Å². The first-order valence-corrected chi connectivity index (χ1v) is 4.63. The second-order valence-corrected chi connectivity index (χ2v) is 2.85. The summed E-state index contributed by atoms with van der Waals surface area (Å²) < 4.78 is 19.2. The fraction of sp³-hybridized carbons (Fsp3) is 1.00. The first-order valence-electron chi connectivity index (χ1n) is 3.14. The zero-order valence-electron chi connectivity index (χ0n) is 6.88. The second kappa shape index (κ2) is 8.52. The maximum atomic E-state index is 10.5. The van der Waals surface area contributed by atoms with E-state index in [1.165, 1.54) is 4.91 Å². The predicted molar refractivity (Wildman–Crippen MR) is 43.2 cm³/mol. The van der Waals surface area contributed by atoms with Crippen molar-refractivity contribution in [1.82, 2.24) is 0 Å². The van der Waals surface area contributed by atoms with E-state index in [2.05, 4.69) is 9.05 Å². The van der Waals surface area contributed by atoms with Crippen LogP contribution >= 0.6 is 7.82 Å². The summed E-state index contributed by atoms with van der Waals surface area (Å²) in [4.78, 5) is 10.1. The summed E-state index contributed by atoms with van der Waals surface area (Å²) in [5.74, 6) is 0. The fourth-order valence-corrected chi connectivity index (χ4v) is 1.09. The molecule has 7 nitrogen and oxygen atoms in total. The Labute approximate surface area is 70.3 Å². The maximum absolute atomic E-state index is 10.5. The normalized spacial score (nSPS) is 9.58. The minimum atomic E-state index is -3.69. The Bertz CT molecular complexity index is 169. The molecule has 0 fully saturated rings. The van der Waals surface area contributed by atoms with Crippen LogP contribution in [-0.2, 0) is 13.6 Å². The maximum Gasteiger partial charge on any atom is 0.472 e. The van der Waals surface area contributed by atoms with Gasteiger partial charge in [-0.3, -0.25) is 14.0 Å². The van der Waals surface area contributed by atoms with Gasteiger partial charge in [0.2, 0.25) is 0 Å². The van der Waals surface area contributed by atoms with Gasteiger partial charge in [-0.2, -0.15) is 0 Å². The Morgan fingerprint density at radius 2 is 1.58 bits per heavy atom. The molecule has 0 heterocycles. The third-order valence-corrected chi connectivity index (χ3v) is 1.75. The Balaban J connectivity index is 0. The standard InChI is InChI=1S/C4H11O4P.N3/c1-3-7-9(5,6)8-4-2;1-3-2/h3-4H2,1-2H3,(H,5,6);/q;-1. The van der Waals surface area contributed by atoms with E-state index in [4.69, 9.17) is 16.0 Å². The van der Waals surface area contributed by atoms with Crippen molar-refractivity contribution in [2.45, 2.75) is 13.8 Å². The molecular formula is C4H11N3O4P-. The van der Waals surface area contributed by atoms with Gasteiger partial charge < -0.3 is 16.0 Å². The molecular weight excluding hydrogens is 185 g/mol. The second-order valence-electron chi connectivity index (χ2n) is 1.39. The molecule has 0 aromatic heterocycles. The fourth-order valence-electron chi connectivity index (χ4n) is 0.364. The van der Waals surface area contributed by atoms with E-state index in [9.17, 15) is 4.57 Å². The third-order valence-electron chi connectivity index (χ3n) is 0.584. The summed E-state index contributed by atoms with van der Waals surface area (Å²) in [5, 5.41) is 0. The number of hydrogen-bond donors (Lipinski definition) is 1. The van der Waals surface area contributed by atoms with Gasteiger partial charge in [-0.15, -0.1) is 0 Å². The molecule has 0 rings (SSSR count). The highest BCUT2D eigenvalue weighted by molar-refractivity contribution is 7.47. The van der Waals surface area contributed by atoms with Gasteiger partial charge in [-0.1, -0.05) is 0 Å². The molecule has 1 N–H and O–H groups in total. The summed E-state index contributed by atoms with van der Waals surface area (Å²) in [6.07, 6.45) is 0. The summed E-state index contributed by atoms with van der Waals surface area (Å²) in [6.45, 7) is 3.63. The van der Waals surface area contributed by atoms with E-state index in [0.29, 0.717) is 0 Å². The van der Waals surface area contributed by atoms with E-state index in [0.717, 1.165) is 0 Å². The minimum Gasteiger partial charge on any atom is -0.373 e. The molecule has 12 heavy (non-hydrogen) atoms. The third kappa shape index (κ3) is 12.1. The lowest BCUT2D eigenvalue weighted by Crippen LogP contribution is -1.93. The molecule has 0 aliphatic heterocycles. The largest absolute Gasteiger partial charge is 0.472 e. The first-order chi connectivity index (χ1) is 5.54. The van der Waals surface area contributed by atoms with Crippen molar-refractivity contribution in [3.05, 3.63) is 16.0 Å². The quantitative estimate of drug-likeness (QED) is 0.320. The van der Waals surface area contributed by atoms with Crippen LogP contribution in [0.1, 0.15) is 13.8 Å². The lowest BCUT2D eigenvalue weighted by Gasteiger charge is -2.07. The summed E-state index contributed by atoms with van der Waals surface area (Å²) >= 11 is 0. The van der Waals surface area contributed by atoms with E-state index < -0.39 is 7.82 Å². The molecule has 72 valence electrons. The zero-order valence-corrected chi connectivity index (χ0v) is 7.77. The van der Waals surface area contributed by atoms with Gasteiger partial charge in [0.1, 0.15) is 0 Å². The SMILES string of the molecule is CCOP(=O)(O)OCC.[N-]=[N+]=[N-]. The number of nitrogens with zero attached hydrogens (tertiary/aromatic N) is 3. The van der Waals surface area contributed by atoms with Crippen LogP contribution in [0.15, 0.2) is 0 Å². The molecule has 0 aromatic carbocycles. The van der Waals surface area contributed by atoms with E-state index in [1.54, 1.807) is 13.8 Å². The van der Waals surface area contributed by atoms with Gasteiger partial charge >= 0.3 is 7.82 Å². The molecule has 0 unspecified atom stereocenters. The van der Waals surface area contributed by atoms with E-state index >= 15 is 0 Å². The van der Waals surface area contributed by atoms with Crippen LogP contribution in [0.3, 0.4) is 0 Å². The van der Waals surface area contributed by atoms with Crippen LogP contribution < -0.4 is 0 Å². The van der Waals surface area contributed by atoms with Crippen molar-refractivity contribution in [2.24, 2.45) is 0 Å². The topological polar surface area (TPSA) is 114 Å². The van der Waals surface area contributed by atoms with Gasteiger partial charge in [0.25, 0.3) is 0 Å². The molecule has 0 saturated heterocycles. The van der Waals surface area contributed by atoms with Crippen LogP contribution in [0.4, 0.5) is 0 Å². The van der Waals surface area contributed by atoms with E-state index in [-0.39, 0.29) is 13.2 Å². The Hall–Kier alpha value is -0.580. The van der Waals surface area contributed by atoms with Gasteiger partial charge in [0.15, 0.2) is 0 Å². The Kier molecular flexibility index (Phi) is 9.92. The Morgan fingerprint density at radius 3 is 1.75 bits per heavy atom. The molecule has 0 spiro atoms. The average molecular weight is 196 g/mol. The van der Waals surface area contributed by atoms with Crippen LogP contribution in [0, 0.1) is 0 Å². The highest BCUT2D eigenvalue weighted by Crippen LogP contribution is 2.42. The van der Waals surface area contributed by atoms with Gasteiger partial charge in [-0.05, 0) is 13.8 Å². The van der Waals surface area contributed by atoms with Crippen molar-refractivity contribution in [3.8, 4) is 0 Å². The molecule has 8 heteroatoms. The van der Waals surface area contributed by atoms with Crippen molar-refractivity contribution in [2.75, 3.05) is 13.2 Å². The monoisotopic (exact) mass is 196 g/mol. The number of phosphoric acid groups is 1. The summed E-state index contributed by atoms with van der Waals surface area (Å²) in [5.41, 5.74) is 13.5. The van der Waals surface area contributed by atoms with Crippen LogP contribution in [0.25, 0.3) is 16.0 Å².